The molecule has 14 heavy (non-hydrogen) atoms. The van der Waals surface area contributed by atoms with E-state index in [0.717, 1.165) is 25.9 Å². The highest BCUT2D eigenvalue weighted by Crippen LogP contribution is 2.18. The Kier molecular flexibility index (Phi) is 2.91. The molecule has 0 radical (unpaired) electrons. The Balaban J connectivity index is 1.75. The van der Waals surface area contributed by atoms with Crippen molar-refractivity contribution < 1.29 is 4.79 Å². The summed E-state index contributed by atoms with van der Waals surface area (Å²) < 4.78 is 0. The van der Waals surface area contributed by atoms with Crippen LogP contribution in [0.15, 0.2) is 0 Å². The molecular formula is C10H19N3O. The van der Waals surface area contributed by atoms with Gasteiger partial charge < -0.3 is 15.5 Å². The Morgan fingerprint density at radius 1 is 1.36 bits per heavy atom. The SMILES string of the molecule is CN(C(=O)NC1CCCC1)C1CNC1. The molecule has 1 aliphatic heterocycles. The van der Waals surface area contributed by atoms with Crippen molar-refractivity contribution in [1.29, 1.82) is 0 Å². The summed E-state index contributed by atoms with van der Waals surface area (Å²) in [6, 6.07) is 0.929. The lowest BCUT2D eigenvalue weighted by Gasteiger charge is -2.36. The van der Waals surface area contributed by atoms with Crippen LogP contribution in [-0.4, -0.2) is 43.2 Å². The molecular weight excluding hydrogens is 178 g/mol. The molecule has 0 bridgehead atoms. The summed E-state index contributed by atoms with van der Waals surface area (Å²) >= 11 is 0. The van der Waals surface area contributed by atoms with Crippen LogP contribution in [0.5, 0.6) is 0 Å². The standard InChI is InChI=1S/C10H19N3O/c1-13(9-6-11-7-9)10(14)12-8-4-2-3-5-8/h8-9,11H,2-7H2,1H3,(H,12,14). The van der Waals surface area contributed by atoms with E-state index in [-0.39, 0.29) is 6.03 Å². The van der Waals surface area contributed by atoms with Gasteiger partial charge in [0.2, 0.25) is 0 Å². The number of carbonyl (C=O) groups excluding carboxylic acids is 1. The van der Waals surface area contributed by atoms with Crippen molar-refractivity contribution in [3.8, 4) is 0 Å². The Hall–Kier alpha value is -0.770. The van der Waals surface area contributed by atoms with Gasteiger partial charge in [-0.15, -0.1) is 0 Å². The summed E-state index contributed by atoms with van der Waals surface area (Å²) in [4.78, 5) is 13.5. The van der Waals surface area contributed by atoms with Crippen molar-refractivity contribution in [3.63, 3.8) is 0 Å². The Morgan fingerprint density at radius 2 is 2.00 bits per heavy atom. The van der Waals surface area contributed by atoms with Crippen LogP contribution in [-0.2, 0) is 0 Å². The van der Waals surface area contributed by atoms with Crippen LogP contribution in [0, 0.1) is 0 Å². The second-order valence-corrected chi connectivity index (χ2v) is 4.35. The highest BCUT2D eigenvalue weighted by atomic mass is 16.2. The van der Waals surface area contributed by atoms with Gasteiger partial charge >= 0.3 is 6.03 Å². The molecule has 0 unspecified atom stereocenters. The van der Waals surface area contributed by atoms with Gasteiger partial charge in [-0.25, -0.2) is 4.79 Å². The van der Waals surface area contributed by atoms with Gasteiger partial charge in [-0.05, 0) is 12.8 Å². The number of nitrogens with zero attached hydrogens (tertiary/aromatic N) is 1. The highest BCUT2D eigenvalue weighted by Gasteiger charge is 2.27. The van der Waals surface area contributed by atoms with Crippen molar-refractivity contribution >= 4 is 6.03 Å². The maximum absolute atomic E-state index is 11.7. The number of likely N-dealkylation sites (N-methyl/N-ethyl adjacent to an activating group) is 1. The van der Waals surface area contributed by atoms with E-state index in [4.69, 9.17) is 0 Å². The third kappa shape index (κ3) is 2.00. The molecule has 4 heteroatoms. The fraction of sp³-hybridized carbons (Fsp3) is 0.900. The molecule has 0 aromatic rings. The fourth-order valence-corrected chi connectivity index (χ4v) is 2.06. The first-order valence-corrected chi connectivity index (χ1v) is 5.51. The number of rotatable bonds is 2. The van der Waals surface area contributed by atoms with E-state index >= 15 is 0 Å². The Morgan fingerprint density at radius 3 is 2.50 bits per heavy atom. The van der Waals surface area contributed by atoms with E-state index in [1.165, 1.54) is 12.8 Å². The van der Waals surface area contributed by atoms with E-state index in [9.17, 15) is 4.79 Å². The van der Waals surface area contributed by atoms with Crippen LogP contribution >= 0.6 is 0 Å². The maximum Gasteiger partial charge on any atom is 0.317 e. The van der Waals surface area contributed by atoms with Crippen molar-refractivity contribution in [2.75, 3.05) is 20.1 Å². The average molecular weight is 197 g/mol. The zero-order valence-corrected chi connectivity index (χ0v) is 8.75. The van der Waals surface area contributed by atoms with E-state index < -0.39 is 0 Å². The van der Waals surface area contributed by atoms with Crippen LogP contribution in [0.2, 0.25) is 0 Å². The lowest BCUT2D eigenvalue weighted by atomic mass is 10.1. The minimum absolute atomic E-state index is 0.100. The second-order valence-electron chi connectivity index (χ2n) is 4.35. The van der Waals surface area contributed by atoms with Crippen LogP contribution in [0.3, 0.4) is 0 Å². The maximum atomic E-state index is 11.7. The minimum atomic E-state index is 0.100. The van der Waals surface area contributed by atoms with Gasteiger partial charge in [0.15, 0.2) is 0 Å². The van der Waals surface area contributed by atoms with Crippen LogP contribution < -0.4 is 10.6 Å². The number of nitrogens with one attached hydrogen (secondary N) is 2. The number of hydrogen-bond donors (Lipinski definition) is 2. The van der Waals surface area contributed by atoms with Crippen molar-refractivity contribution in [2.45, 2.75) is 37.8 Å². The van der Waals surface area contributed by atoms with Crippen molar-refractivity contribution in [1.82, 2.24) is 15.5 Å². The first-order chi connectivity index (χ1) is 6.77. The number of amides is 2. The molecule has 2 rings (SSSR count). The highest BCUT2D eigenvalue weighted by molar-refractivity contribution is 5.74. The smallest absolute Gasteiger partial charge is 0.317 e. The Bertz CT molecular complexity index is 209. The molecule has 4 nitrogen and oxygen atoms in total. The predicted molar refractivity (Wildman–Crippen MR) is 55.2 cm³/mol. The van der Waals surface area contributed by atoms with E-state index in [1.54, 1.807) is 0 Å². The summed E-state index contributed by atoms with van der Waals surface area (Å²) in [6.45, 7) is 1.88. The fourth-order valence-electron chi connectivity index (χ4n) is 2.06. The molecule has 2 amide bonds. The molecule has 80 valence electrons. The summed E-state index contributed by atoms with van der Waals surface area (Å²) in [7, 11) is 1.88. The first-order valence-electron chi connectivity index (χ1n) is 5.51. The third-order valence-corrected chi connectivity index (χ3v) is 3.31. The Labute approximate surface area is 85.0 Å². The minimum Gasteiger partial charge on any atom is -0.335 e. The summed E-state index contributed by atoms with van der Waals surface area (Å²) in [5.41, 5.74) is 0. The van der Waals surface area contributed by atoms with E-state index in [1.807, 2.05) is 11.9 Å². The normalized spacial score (nSPS) is 23.2. The number of urea groups is 1. The van der Waals surface area contributed by atoms with Crippen LogP contribution in [0.1, 0.15) is 25.7 Å². The second kappa shape index (κ2) is 4.17. The van der Waals surface area contributed by atoms with Gasteiger partial charge in [0.25, 0.3) is 0 Å². The topological polar surface area (TPSA) is 44.4 Å². The summed E-state index contributed by atoms with van der Waals surface area (Å²) in [5.74, 6) is 0. The quantitative estimate of drug-likeness (QED) is 0.678. The lowest BCUT2D eigenvalue weighted by molar-refractivity contribution is 0.165. The molecule has 0 spiro atoms. The van der Waals surface area contributed by atoms with Gasteiger partial charge in [0.05, 0.1) is 6.04 Å². The lowest BCUT2D eigenvalue weighted by Crippen LogP contribution is -2.59. The van der Waals surface area contributed by atoms with Crippen LogP contribution in [0.25, 0.3) is 0 Å². The molecule has 0 atom stereocenters. The van der Waals surface area contributed by atoms with Gasteiger partial charge in [-0.2, -0.15) is 0 Å². The summed E-state index contributed by atoms with van der Waals surface area (Å²) in [5, 5.41) is 6.26. The third-order valence-electron chi connectivity index (χ3n) is 3.31. The average Bonchev–Trinajstić information content (AvgIpc) is 2.53. The predicted octanol–water partition coefficient (Wildman–Crippen LogP) is 0.542. The van der Waals surface area contributed by atoms with Crippen LogP contribution in [0.4, 0.5) is 4.79 Å². The molecule has 1 saturated carbocycles. The largest absolute Gasteiger partial charge is 0.335 e. The number of carbonyl (C=O) groups is 1. The molecule has 2 fully saturated rings. The van der Waals surface area contributed by atoms with Crippen molar-refractivity contribution in [2.24, 2.45) is 0 Å². The molecule has 0 aromatic carbocycles. The zero-order chi connectivity index (χ0) is 9.97. The molecule has 2 aliphatic rings. The van der Waals surface area contributed by atoms with E-state index in [2.05, 4.69) is 10.6 Å². The van der Waals surface area contributed by atoms with Crippen molar-refractivity contribution in [3.05, 3.63) is 0 Å². The molecule has 0 aromatic heterocycles. The molecule has 1 saturated heterocycles. The molecule has 2 N–H and O–H groups in total. The van der Waals surface area contributed by atoms with Gasteiger partial charge in [-0.3, -0.25) is 0 Å². The van der Waals surface area contributed by atoms with E-state index in [0.29, 0.717) is 12.1 Å². The first kappa shape index (κ1) is 9.77. The molecule has 1 aliphatic carbocycles. The number of hydrogen-bond acceptors (Lipinski definition) is 2. The monoisotopic (exact) mass is 197 g/mol. The zero-order valence-electron chi connectivity index (χ0n) is 8.75. The van der Waals surface area contributed by atoms with Gasteiger partial charge in [-0.1, -0.05) is 12.8 Å². The summed E-state index contributed by atoms with van der Waals surface area (Å²) in [6.07, 6.45) is 4.84. The molecule has 1 heterocycles. The van der Waals surface area contributed by atoms with Gasteiger partial charge in [0.1, 0.15) is 0 Å². The van der Waals surface area contributed by atoms with Gasteiger partial charge in [0, 0.05) is 26.2 Å².